The number of nitrogens with one attached hydrogen (secondary N) is 1. The minimum atomic E-state index is -1.37. The van der Waals surface area contributed by atoms with Gasteiger partial charge in [0.05, 0.1) is 13.4 Å². The predicted molar refractivity (Wildman–Crippen MR) is 64.8 cm³/mol. The number of rotatable bonds is 4. The molecule has 1 aromatic carbocycles. The number of nitrogens with zero attached hydrogens (tertiary/aromatic N) is 1. The Kier molecular flexibility index (Phi) is 3.65. The maximum atomic E-state index is 13.0. The Morgan fingerprint density at radius 3 is 2.85 bits per heavy atom. The van der Waals surface area contributed by atoms with Gasteiger partial charge >= 0.3 is 5.97 Å². The van der Waals surface area contributed by atoms with Gasteiger partial charge in [0.2, 0.25) is 5.75 Å². The predicted octanol–water partition coefficient (Wildman–Crippen LogP) is 1.41. The highest BCUT2D eigenvalue weighted by Crippen LogP contribution is 2.28. The third kappa shape index (κ3) is 2.58. The summed E-state index contributed by atoms with van der Waals surface area (Å²) >= 11 is 0. The molecule has 0 atom stereocenters. The molecule has 0 unspecified atom stereocenters. The lowest BCUT2D eigenvalue weighted by Gasteiger charge is -2.09. The van der Waals surface area contributed by atoms with Gasteiger partial charge in [-0.05, 0) is 18.2 Å². The van der Waals surface area contributed by atoms with Crippen LogP contribution in [0.4, 0.5) is 4.39 Å². The first-order valence-electron chi connectivity index (χ1n) is 5.35. The number of H-pyrrole nitrogens is 1. The van der Waals surface area contributed by atoms with E-state index in [4.69, 9.17) is 14.6 Å². The Labute approximate surface area is 111 Å². The summed E-state index contributed by atoms with van der Waals surface area (Å²) in [5.74, 6) is -2.68. The van der Waals surface area contributed by atoms with E-state index in [1.807, 2.05) is 0 Å². The van der Waals surface area contributed by atoms with Gasteiger partial charge in [-0.3, -0.25) is 4.79 Å². The highest BCUT2D eigenvalue weighted by atomic mass is 19.1. The molecule has 0 radical (unpaired) electrons. The molecule has 7 nitrogen and oxygen atoms in total. The summed E-state index contributed by atoms with van der Waals surface area (Å²) in [6.45, 7) is 0. The van der Waals surface area contributed by atoms with Crippen molar-refractivity contribution in [2.45, 2.75) is 0 Å². The summed E-state index contributed by atoms with van der Waals surface area (Å²) in [5.41, 5.74) is -0.981. The van der Waals surface area contributed by atoms with Crippen molar-refractivity contribution in [1.29, 1.82) is 0 Å². The third-order valence-electron chi connectivity index (χ3n) is 2.36. The molecule has 0 amide bonds. The number of aromatic carboxylic acids is 1. The number of hydrogen-bond donors (Lipinski definition) is 2. The maximum absolute atomic E-state index is 13.0. The van der Waals surface area contributed by atoms with Gasteiger partial charge in [-0.25, -0.2) is 14.2 Å². The largest absolute Gasteiger partial charge is 0.487 e. The van der Waals surface area contributed by atoms with Gasteiger partial charge in [0.25, 0.3) is 11.4 Å². The number of aromatic nitrogens is 2. The highest BCUT2D eigenvalue weighted by Gasteiger charge is 2.17. The van der Waals surface area contributed by atoms with E-state index in [1.165, 1.54) is 7.11 Å². The Morgan fingerprint density at radius 1 is 1.45 bits per heavy atom. The van der Waals surface area contributed by atoms with E-state index in [0.29, 0.717) is 0 Å². The summed E-state index contributed by atoms with van der Waals surface area (Å²) in [6.07, 6.45) is 1.07. The Bertz CT molecular complexity index is 713. The van der Waals surface area contributed by atoms with Crippen molar-refractivity contribution in [1.82, 2.24) is 9.97 Å². The number of ether oxygens (including phenoxy) is 2. The fraction of sp³-hybridized carbons (Fsp3) is 0.0833. The van der Waals surface area contributed by atoms with Gasteiger partial charge in [-0.15, -0.1) is 0 Å². The number of halogens is 1. The van der Waals surface area contributed by atoms with Crippen LogP contribution < -0.4 is 15.0 Å². The lowest BCUT2D eigenvalue weighted by Crippen LogP contribution is -2.11. The number of carbonyl (C=O) groups is 1. The second-order valence-corrected chi connectivity index (χ2v) is 3.62. The van der Waals surface area contributed by atoms with Crippen molar-refractivity contribution in [3.05, 3.63) is 46.3 Å². The maximum Gasteiger partial charge on any atom is 0.339 e. The van der Waals surface area contributed by atoms with E-state index in [0.717, 1.165) is 24.5 Å². The summed E-state index contributed by atoms with van der Waals surface area (Å²) < 4.78 is 23.1. The van der Waals surface area contributed by atoms with Gasteiger partial charge in [0.15, 0.2) is 0 Å². The number of methoxy groups -OCH3 is 1. The Hall–Kier alpha value is -2.90. The van der Waals surface area contributed by atoms with Gasteiger partial charge in [0.1, 0.15) is 17.1 Å². The minimum absolute atomic E-state index is 0.157. The first kappa shape index (κ1) is 13.5. The molecule has 1 aromatic heterocycles. The van der Waals surface area contributed by atoms with Crippen LogP contribution in [-0.4, -0.2) is 28.2 Å². The molecule has 0 aliphatic carbocycles. The SMILES string of the molecule is COc1c(Oc2ccc(F)cc2C(=O)O)nc[nH]c1=O. The molecule has 0 spiro atoms. The zero-order valence-corrected chi connectivity index (χ0v) is 10.2. The van der Waals surface area contributed by atoms with E-state index in [2.05, 4.69) is 9.97 Å². The molecular weight excluding hydrogens is 271 g/mol. The third-order valence-corrected chi connectivity index (χ3v) is 2.36. The molecule has 0 saturated heterocycles. The summed E-state index contributed by atoms with van der Waals surface area (Å²) in [7, 11) is 1.24. The van der Waals surface area contributed by atoms with E-state index < -0.39 is 22.9 Å². The monoisotopic (exact) mass is 280 g/mol. The fourth-order valence-corrected chi connectivity index (χ4v) is 1.49. The van der Waals surface area contributed by atoms with Gasteiger partial charge < -0.3 is 19.6 Å². The minimum Gasteiger partial charge on any atom is -0.487 e. The van der Waals surface area contributed by atoms with Crippen molar-refractivity contribution < 1.29 is 23.8 Å². The van der Waals surface area contributed by atoms with Crippen LogP contribution in [0.1, 0.15) is 10.4 Å². The van der Waals surface area contributed by atoms with E-state index in [1.54, 1.807) is 0 Å². The molecule has 2 N–H and O–H groups in total. The summed E-state index contributed by atoms with van der Waals surface area (Å²) in [6, 6.07) is 2.96. The Balaban J connectivity index is 2.48. The van der Waals surface area contributed by atoms with Crippen molar-refractivity contribution in [2.75, 3.05) is 7.11 Å². The van der Waals surface area contributed by atoms with E-state index >= 15 is 0 Å². The number of benzene rings is 1. The number of carboxylic acid groups (broad SMARTS) is 1. The Morgan fingerprint density at radius 2 is 2.20 bits per heavy atom. The zero-order valence-electron chi connectivity index (χ0n) is 10.2. The lowest BCUT2D eigenvalue weighted by molar-refractivity contribution is 0.0693. The standard InChI is InChI=1S/C12H9FN2O5/c1-19-9-10(16)14-5-15-11(9)20-8-3-2-6(13)4-7(8)12(17)18/h2-5H,1H3,(H,17,18)(H,14,15,16). The second kappa shape index (κ2) is 5.39. The smallest absolute Gasteiger partial charge is 0.339 e. The normalized spacial score (nSPS) is 10.1. The lowest BCUT2D eigenvalue weighted by atomic mass is 10.2. The van der Waals surface area contributed by atoms with Crippen LogP contribution in [0.15, 0.2) is 29.3 Å². The van der Waals surface area contributed by atoms with Gasteiger partial charge in [-0.1, -0.05) is 0 Å². The summed E-state index contributed by atoms with van der Waals surface area (Å²) in [4.78, 5) is 28.5. The van der Waals surface area contributed by atoms with Gasteiger partial charge in [-0.2, -0.15) is 0 Å². The van der Waals surface area contributed by atoms with Crippen molar-refractivity contribution in [2.24, 2.45) is 0 Å². The van der Waals surface area contributed by atoms with Crippen molar-refractivity contribution in [3.8, 4) is 17.4 Å². The van der Waals surface area contributed by atoms with Crippen LogP contribution >= 0.6 is 0 Å². The van der Waals surface area contributed by atoms with Crippen LogP contribution in [0.3, 0.4) is 0 Å². The van der Waals surface area contributed by atoms with Crippen LogP contribution in [0.5, 0.6) is 17.4 Å². The molecular formula is C12H9FN2O5. The number of aromatic amines is 1. The average Bonchev–Trinajstić information content (AvgIpc) is 2.41. The van der Waals surface area contributed by atoms with E-state index in [9.17, 15) is 14.0 Å². The topological polar surface area (TPSA) is 102 Å². The molecule has 104 valence electrons. The van der Waals surface area contributed by atoms with Crippen LogP contribution in [0, 0.1) is 5.82 Å². The molecule has 0 fully saturated rings. The summed E-state index contributed by atoms with van der Waals surface area (Å²) in [5, 5.41) is 8.98. The molecule has 0 aliphatic heterocycles. The van der Waals surface area contributed by atoms with Crippen molar-refractivity contribution >= 4 is 5.97 Å². The quantitative estimate of drug-likeness (QED) is 0.878. The fourth-order valence-electron chi connectivity index (χ4n) is 1.49. The molecule has 0 bridgehead atoms. The molecule has 0 aliphatic rings. The van der Waals surface area contributed by atoms with E-state index in [-0.39, 0.29) is 17.4 Å². The first-order valence-corrected chi connectivity index (χ1v) is 5.35. The molecule has 0 saturated carbocycles. The zero-order chi connectivity index (χ0) is 14.7. The molecule has 1 heterocycles. The molecule has 20 heavy (non-hydrogen) atoms. The van der Waals surface area contributed by atoms with Crippen LogP contribution in [0.25, 0.3) is 0 Å². The molecule has 2 rings (SSSR count). The second-order valence-electron chi connectivity index (χ2n) is 3.62. The van der Waals surface area contributed by atoms with Gasteiger partial charge in [0, 0.05) is 0 Å². The number of carboxylic acids is 1. The van der Waals surface area contributed by atoms with Crippen molar-refractivity contribution in [3.63, 3.8) is 0 Å². The molecule has 2 aromatic rings. The van der Waals surface area contributed by atoms with Crippen LogP contribution in [0.2, 0.25) is 0 Å². The highest BCUT2D eigenvalue weighted by molar-refractivity contribution is 5.91. The number of hydrogen-bond acceptors (Lipinski definition) is 5. The molecule has 8 heteroatoms. The van der Waals surface area contributed by atoms with Crippen LogP contribution in [-0.2, 0) is 0 Å². The first-order chi connectivity index (χ1) is 9.52. The average molecular weight is 280 g/mol.